The lowest BCUT2D eigenvalue weighted by atomic mass is 10.1. The van der Waals surface area contributed by atoms with E-state index < -0.39 is 30.5 Å². The van der Waals surface area contributed by atoms with Gasteiger partial charge in [0.1, 0.15) is 0 Å². The largest absolute Gasteiger partial charge is 0.460 e. The van der Waals surface area contributed by atoms with Crippen molar-refractivity contribution in [1.29, 1.82) is 0 Å². The van der Waals surface area contributed by atoms with Gasteiger partial charge in [-0.1, -0.05) is 0 Å². The molecule has 0 atom stereocenters. The molecule has 0 saturated carbocycles. The van der Waals surface area contributed by atoms with Gasteiger partial charge in [0.2, 0.25) is 0 Å². The van der Waals surface area contributed by atoms with Gasteiger partial charge >= 0.3 is 18.0 Å². The summed E-state index contributed by atoms with van der Waals surface area (Å²) in [5.41, 5.74) is 0.0359. The van der Waals surface area contributed by atoms with E-state index in [0.717, 1.165) is 0 Å². The molecule has 4 nitrogen and oxygen atoms in total. The first-order valence-electron chi connectivity index (χ1n) is 6.05. The van der Waals surface area contributed by atoms with Crippen molar-refractivity contribution in [2.45, 2.75) is 38.0 Å². The number of hydrogen-bond acceptors (Lipinski definition) is 2. The molecule has 1 aromatic heterocycles. The van der Waals surface area contributed by atoms with Gasteiger partial charge < -0.3 is 4.90 Å². The molecule has 1 heterocycles. The van der Waals surface area contributed by atoms with Crippen molar-refractivity contribution in [3.05, 3.63) is 16.4 Å². The van der Waals surface area contributed by atoms with E-state index in [9.17, 15) is 35.5 Å². The first-order chi connectivity index (χ1) is 10.3. The minimum Gasteiger partial charge on any atom is -0.334 e. The van der Waals surface area contributed by atoms with E-state index in [-0.39, 0.29) is 10.6 Å². The Balaban J connectivity index is 3.01. The Morgan fingerprint density at radius 1 is 1.26 bits per heavy atom. The number of carbonyl (C=O) groups is 1. The molecule has 132 valence electrons. The second-order valence-corrected chi connectivity index (χ2v) is 5.44. The van der Waals surface area contributed by atoms with Gasteiger partial charge in [0.25, 0.3) is 5.91 Å². The zero-order valence-corrected chi connectivity index (χ0v) is 13.4. The lowest BCUT2D eigenvalue weighted by molar-refractivity contribution is -0.345. The molecule has 0 unspecified atom stereocenters. The smallest absolute Gasteiger partial charge is 0.334 e. The third-order valence-electron chi connectivity index (χ3n) is 2.86. The molecule has 0 spiro atoms. The van der Waals surface area contributed by atoms with Gasteiger partial charge in [-0.2, -0.15) is 35.8 Å². The molecule has 0 aliphatic heterocycles. The van der Waals surface area contributed by atoms with E-state index in [2.05, 4.69) is 21.0 Å². The SMILES string of the molecule is CCn1cc(Br)c(CN(C)C(=O)C(F)(F)C(F)(F)C(F)(F)F)n1. The molecule has 0 N–H and O–H groups in total. The maximum atomic E-state index is 13.3. The van der Waals surface area contributed by atoms with Gasteiger partial charge in [0, 0.05) is 19.8 Å². The number of halogens is 8. The third kappa shape index (κ3) is 3.61. The summed E-state index contributed by atoms with van der Waals surface area (Å²) in [6.45, 7) is 1.44. The van der Waals surface area contributed by atoms with Crippen molar-refractivity contribution < 1.29 is 35.5 Å². The summed E-state index contributed by atoms with van der Waals surface area (Å²) >= 11 is 3.02. The van der Waals surface area contributed by atoms with Crippen LogP contribution in [0.5, 0.6) is 0 Å². The van der Waals surface area contributed by atoms with Crippen molar-refractivity contribution >= 4 is 21.8 Å². The van der Waals surface area contributed by atoms with E-state index in [4.69, 9.17) is 0 Å². The van der Waals surface area contributed by atoms with Crippen LogP contribution in [0.2, 0.25) is 0 Å². The summed E-state index contributed by atoms with van der Waals surface area (Å²) in [6, 6.07) is 0. The zero-order valence-electron chi connectivity index (χ0n) is 11.8. The van der Waals surface area contributed by atoms with Crippen LogP contribution in [-0.2, 0) is 17.9 Å². The van der Waals surface area contributed by atoms with Gasteiger partial charge in [-0.25, -0.2) is 0 Å². The molecule has 0 aliphatic carbocycles. The van der Waals surface area contributed by atoms with Crippen LogP contribution in [0, 0.1) is 0 Å². The lowest BCUT2D eigenvalue weighted by Crippen LogP contribution is -2.59. The van der Waals surface area contributed by atoms with E-state index >= 15 is 0 Å². The van der Waals surface area contributed by atoms with Gasteiger partial charge in [0.05, 0.1) is 16.7 Å². The number of amides is 1. The molecule has 1 amide bonds. The average Bonchev–Trinajstić information content (AvgIpc) is 2.76. The van der Waals surface area contributed by atoms with Crippen LogP contribution >= 0.6 is 15.9 Å². The van der Waals surface area contributed by atoms with Crippen LogP contribution in [0.4, 0.5) is 30.7 Å². The van der Waals surface area contributed by atoms with Crippen molar-refractivity contribution in [2.75, 3.05) is 7.05 Å². The Hall–Kier alpha value is -1.33. The Bertz CT molecular complexity index is 585. The first-order valence-corrected chi connectivity index (χ1v) is 6.84. The fourth-order valence-corrected chi connectivity index (χ4v) is 2.00. The van der Waals surface area contributed by atoms with E-state index in [1.54, 1.807) is 6.92 Å². The highest BCUT2D eigenvalue weighted by Crippen LogP contribution is 2.47. The number of carbonyl (C=O) groups excluding carboxylic acids is 1. The molecule has 0 bridgehead atoms. The molecule has 12 heteroatoms. The molecule has 0 aromatic carbocycles. The molecule has 0 radical (unpaired) electrons. The number of rotatable bonds is 5. The van der Waals surface area contributed by atoms with Crippen LogP contribution in [0.25, 0.3) is 0 Å². The van der Waals surface area contributed by atoms with Crippen LogP contribution in [0.15, 0.2) is 10.7 Å². The molecule has 0 saturated heterocycles. The average molecular weight is 414 g/mol. The minimum absolute atomic E-state index is 0.0359. The number of aryl methyl sites for hydroxylation is 1. The molecule has 0 fully saturated rings. The van der Waals surface area contributed by atoms with Gasteiger partial charge in [-0.05, 0) is 22.9 Å². The predicted molar refractivity (Wildman–Crippen MR) is 68.0 cm³/mol. The second kappa shape index (κ2) is 6.29. The van der Waals surface area contributed by atoms with Gasteiger partial charge in [-0.3, -0.25) is 9.48 Å². The number of alkyl halides is 7. The van der Waals surface area contributed by atoms with Crippen LogP contribution < -0.4 is 0 Å². The van der Waals surface area contributed by atoms with Crippen molar-refractivity contribution in [3.8, 4) is 0 Å². The molecular formula is C11H11BrF7N3O. The Morgan fingerprint density at radius 3 is 2.17 bits per heavy atom. The molecule has 1 rings (SSSR count). The number of aromatic nitrogens is 2. The summed E-state index contributed by atoms with van der Waals surface area (Å²) in [6.07, 6.45) is -5.12. The van der Waals surface area contributed by atoms with Gasteiger partial charge in [-0.15, -0.1) is 0 Å². The lowest BCUT2D eigenvalue weighted by Gasteiger charge is -2.30. The third-order valence-corrected chi connectivity index (χ3v) is 3.53. The Kier molecular flexibility index (Phi) is 5.39. The number of nitrogens with zero attached hydrogens (tertiary/aromatic N) is 3. The Morgan fingerprint density at radius 2 is 1.78 bits per heavy atom. The summed E-state index contributed by atoms with van der Waals surface area (Å²) in [7, 11) is 0.681. The van der Waals surface area contributed by atoms with Crippen molar-refractivity contribution in [1.82, 2.24) is 14.7 Å². The summed E-state index contributed by atoms with van der Waals surface area (Å²) in [5, 5.41) is 3.86. The maximum absolute atomic E-state index is 13.3. The fraction of sp³-hybridized carbons (Fsp3) is 0.636. The summed E-state index contributed by atoms with van der Waals surface area (Å²) in [5.74, 6) is -15.1. The fourth-order valence-electron chi connectivity index (χ4n) is 1.55. The summed E-state index contributed by atoms with van der Waals surface area (Å²) < 4.78 is 90.2. The van der Waals surface area contributed by atoms with Crippen LogP contribution in [0.3, 0.4) is 0 Å². The minimum atomic E-state index is -6.56. The second-order valence-electron chi connectivity index (χ2n) is 4.59. The highest BCUT2D eigenvalue weighted by Gasteiger charge is 2.76. The normalized spacial score (nSPS) is 13.3. The van der Waals surface area contributed by atoms with E-state index in [0.29, 0.717) is 18.1 Å². The quantitative estimate of drug-likeness (QED) is 0.693. The molecule has 0 aliphatic rings. The van der Waals surface area contributed by atoms with Gasteiger partial charge in [0.15, 0.2) is 0 Å². The molecule has 1 aromatic rings. The van der Waals surface area contributed by atoms with E-state index in [1.807, 2.05) is 0 Å². The first kappa shape index (κ1) is 19.7. The number of hydrogen-bond donors (Lipinski definition) is 0. The molecule has 23 heavy (non-hydrogen) atoms. The maximum Gasteiger partial charge on any atom is 0.460 e. The Labute approximate surface area is 134 Å². The van der Waals surface area contributed by atoms with Crippen LogP contribution in [-0.4, -0.2) is 45.7 Å². The van der Waals surface area contributed by atoms with E-state index in [1.165, 1.54) is 10.9 Å². The zero-order chi connectivity index (χ0) is 18.2. The highest BCUT2D eigenvalue weighted by molar-refractivity contribution is 9.10. The summed E-state index contributed by atoms with van der Waals surface area (Å²) in [4.78, 5) is 11.5. The van der Waals surface area contributed by atoms with Crippen molar-refractivity contribution in [3.63, 3.8) is 0 Å². The standard InChI is InChI=1S/C11H11BrF7N3O/c1-3-22-4-6(12)7(20-22)5-21(2)8(23)9(13,14)10(15,16)11(17,18)19/h4H,3,5H2,1-2H3. The molecular weight excluding hydrogens is 403 g/mol. The topological polar surface area (TPSA) is 38.1 Å². The van der Waals surface area contributed by atoms with Crippen LogP contribution in [0.1, 0.15) is 12.6 Å². The van der Waals surface area contributed by atoms with Crippen molar-refractivity contribution in [2.24, 2.45) is 0 Å². The predicted octanol–water partition coefficient (Wildman–Crippen LogP) is 3.46. The highest BCUT2D eigenvalue weighted by atomic mass is 79.9. The monoisotopic (exact) mass is 413 g/mol.